The number of amides is 2. The minimum Gasteiger partial charge on any atom is -0.330 e. The van der Waals surface area contributed by atoms with Crippen LogP contribution in [0.2, 0.25) is 0 Å². The zero-order valence-corrected chi connectivity index (χ0v) is 12.7. The molecule has 3 atom stereocenters. The van der Waals surface area contributed by atoms with E-state index in [9.17, 15) is 9.59 Å². The Morgan fingerprint density at radius 1 is 1.09 bits per heavy atom. The maximum absolute atomic E-state index is 12.9. The van der Waals surface area contributed by atoms with Crippen LogP contribution in [0.1, 0.15) is 17.9 Å². The topological polar surface area (TPSA) is 40.6 Å². The van der Waals surface area contributed by atoms with Gasteiger partial charge in [0.2, 0.25) is 11.8 Å². The number of rotatable bonds is 1. The summed E-state index contributed by atoms with van der Waals surface area (Å²) in [5, 5.41) is 0. The molecule has 1 aliphatic carbocycles. The molecule has 0 bridgehead atoms. The minimum atomic E-state index is -0.609. The highest BCUT2D eigenvalue weighted by Gasteiger charge is 2.66. The standard InChI is InChI=1S/C18H18N2O2/c1-19-13-10-6-7-11-18(13)15(17(19)22)14(16(21)20(18)2)12-8-4-3-5-9-12/h3-5,7-11,14-15H,6H2,1-2H3. The Labute approximate surface area is 129 Å². The molecule has 3 aliphatic rings. The van der Waals surface area contributed by atoms with Gasteiger partial charge in [-0.25, -0.2) is 0 Å². The first-order valence-electron chi connectivity index (χ1n) is 7.57. The average Bonchev–Trinajstić information content (AvgIpc) is 2.90. The van der Waals surface area contributed by atoms with Crippen molar-refractivity contribution >= 4 is 11.8 Å². The van der Waals surface area contributed by atoms with E-state index in [0.29, 0.717) is 0 Å². The molecule has 0 radical (unpaired) electrons. The van der Waals surface area contributed by atoms with Crippen molar-refractivity contribution in [3.05, 3.63) is 59.8 Å². The fourth-order valence-corrected chi connectivity index (χ4v) is 4.28. The van der Waals surface area contributed by atoms with Crippen molar-refractivity contribution in [2.45, 2.75) is 17.9 Å². The van der Waals surface area contributed by atoms with Gasteiger partial charge in [-0.2, -0.15) is 0 Å². The molecule has 4 rings (SSSR count). The Balaban J connectivity index is 1.93. The molecule has 0 N–H and O–H groups in total. The van der Waals surface area contributed by atoms with E-state index < -0.39 is 11.5 Å². The van der Waals surface area contributed by atoms with Gasteiger partial charge in [0.25, 0.3) is 0 Å². The number of carbonyl (C=O) groups is 2. The summed E-state index contributed by atoms with van der Waals surface area (Å²) in [5.74, 6) is -0.727. The molecule has 112 valence electrons. The molecular weight excluding hydrogens is 276 g/mol. The van der Waals surface area contributed by atoms with Gasteiger partial charge >= 0.3 is 0 Å². The lowest BCUT2D eigenvalue weighted by molar-refractivity contribution is -0.133. The first-order chi connectivity index (χ1) is 10.6. The zero-order chi connectivity index (χ0) is 15.5. The molecule has 1 aromatic rings. The van der Waals surface area contributed by atoms with Crippen LogP contribution in [-0.4, -0.2) is 41.2 Å². The number of benzene rings is 1. The highest BCUT2D eigenvalue weighted by Crippen LogP contribution is 2.55. The maximum Gasteiger partial charge on any atom is 0.233 e. The number of nitrogens with zero attached hydrogens (tertiary/aromatic N) is 2. The first kappa shape index (κ1) is 13.3. The predicted molar refractivity (Wildman–Crippen MR) is 82.8 cm³/mol. The van der Waals surface area contributed by atoms with Crippen LogP contribution >= 0.6 is 0 Å². The van der Waals surface area contributed by atoms with Crippen LogP contribution in [0.25, 0.3) is 0 Å². The third-order valence-electron chi connectivity index (χ3n) is 5.31. The van der Waals surface area contributed by atoms with E-state index in [-0.39, 0.29) is 17.7 Å². The second kappa shape index (κ2) is 4.32. The molecule has 2 aliphatic heterocycles. The van der Waals surface area contributed by atoms with Crippen LogP contribution < -0.4 is 0 Å². The number of carbonyl (C=O) groups excluding carboxylic acids is 2. The SMILES string of the molecule is CN1C(=O)C2C(c3ccccc3)C(=O)N(C)C23C=CCC=C13. The zero-order valence-electron chi connectivity index (χ0n) is 12.7. The average molecular weight is 294 g/mol. The number of likely N-dealkylation sites (N-methyl/N-ethyl adjacent to an activating group) is 2. The summed E-state index contributed by atoms with van der Waals surface area (Å²) in [5.41, 5.74) is 1.25. The van der Waals surface area contributed by atoms with Gasteiger partial charge in [-0.05, 0) is 12.0 Å². The van der Waals surface area contributed by atoms with E-state index in [1.807, 2.05) is 44.4 Å². The van der Waals surface area contributed by atoms with E-state index in [2.05, 4.69) is 18.2 Å². The van der Waals surface area contributed by atoms with Gasteiger partial charge in [0.15, 0.2) is 0 Å². The Hall–Kier alpha value is -2.36. The summed E-state index contributed by atoms with van der Waals surface area (Å²) >= 11 is 0. The summed E-state index contributed by atoms with van der Waals surface area (Å²) in [6.07, 6.45) is 6.98. The number of hydrogen-bond donors (Lipinski definition) is 0. The Bertz CT molecular complexity index is 722. The first-order valence-corrected chi connectivity index (χ1v) is 7.57. The smallest absolute Gasteiger partial charge is 0.233 e. The Kier molecular flexibility index (Phi) is 2.61. The van der Waals surface area contributed by atoms with Crippen molar-refractivity contribution in [3.63, 3.8) is 0 Å². The number of allylic oxidation sites excluding steroid dienone is 2. The molecule has 4 heteroatoms. The van der Waals surface area contributed by atoms with Crippen molar-refractivity contribution in [2.24, 2.45) is 5.92 Å². The molecule has 1 aromatic carbocycles. The van der Waals surface area contributed by atoms with E-state index in [1.54, 1.807) is 9.80 Å². The molecule has 1 spiro atoms. The lowest BCUT2D eigenvalue weighted by atomic mass is 9.76. The van der Waals surface area contributed by atoms with E-state index in [4.69, 9.17) is 0 Å². The molecule has 0 saturated carbocycles. The molecule has 2 heterocycles. The highest BCUT2D eigenvalue weighted by atomic mass is 16.2. The molecular formula is C18H18N2O2. The maximum atomic E-state index is 12.9. The monoisotopic (exact) mass is 294 g/mol. The van der Waals surface area contributed by atoms with Crippen LogP contribution in [0.15, 0.2) is 54.3 Å². The summed E-state index contributed by atoms with van der Waals surface area (Å²) in [7, 11) is 3.63. The summed E-state index contributed by atoms with van der Waals surface area (Å²) in [6, 6.07) is 9.65. The molecule has 22 heavy (non-hydrogen) atoms. The van der Waals surface area contributed by atoms with Gasteiger partial charge in [0.05, 0.1) is 11.8 Å². The number of hydrogen-bond acceptors (Lipinski definition) is 2. The normalized spacial score (nSPS) is 33.1. The third-order valence-corrected chi connectivity index (χ3v) is 5.31. The second-order valence-electron chi connectivity index (χ2n) is 6.21. The van der Waals surface area contributed by atoms with Crippen LogP contribution in [0.3, 0.4) is 0 Å². The van der Waals surface area contributed by atoms with Crippen molar-refractivity contribution < 1.29 is 9.59 Å². The van der Waals surface area contributed by atoms with Gasteiger partial charge in [0.1, 0.15) is 5.54 Å². The fourth-order valence-electron chi connectivity index (χ4n) is 4.28. The molecule has 2 fully saturated rings. The highest BCUT2D eigenvalue weighted by molar-refractivity contribution is 6.01. The van der Waals surface area contributed by atoms with Crippen molar-refractivity contribution in [2.75, 3.05) is 14.1 Å². The van der Waals surface area contributed by atoms with Crippen LogP contribution in [-0.2, 0) is 9.59 Å². The fraction of sp³-hybridized carbons (Fsp3) is 0.333. The summed E-state index contributed by atoms with van der Waals surface area (Å²) < 4.78 is 0. The van der Waals surface area contributed by atoms with Gasteiger partial charge in [-0.1, -0.05) is 48.6 Å². The van der Waals surface area contributed by atoms with E-state index in [1.165, 1.54) is 0 Å². The van der Waals surface area contributed by atoms with Gasteiger partial charge in [-0.15, -0.1) is 0 Å². The Morgan fingerprint density at radius 2 is 1.82 bits per heavy atom. The summed E-state index contributed by atoms with van der Waals surface area (Å²) in [4.78, 5) is 29.3. The lowest BCUT2D eigenvalue weighted by Gasteiger charge is -2.35. The van der Waals surface area contributed by atoms with Crippen LogP contribution in [0.4, 0.5) is 0 Å². The second-order valence-corrected chi connectivity index (χ2v) is 6.21. The molecule has 4 nitrogen and oxygen atoms in total. The van der Waals surface area contributed by atoms with Gasteiger partial charge < -0.3 is 9.80 Å². The van der Waals surface area contributed by atoms with Crippen LogP contribution in [0, 0.1) is 5.92 Å². The van der Waals surface area contributed by atoms with Crippen molar-refractivity contribution in [3.8, 4) is 0 Å². The van der Waals surface area contributed by atoms with Crippen molar-refractivity contribution in [1.82, 2.24) is 9.80 Å². The number of likely N-dealkylation sites (tertiary alicyclic amines) is 2. The van der Waals surface area contributed by atoms with Crippen molar-refractivity contribution in [1.29, 1.82) is 0 Å². The third kappa shape index (κ3) is 1.37. The quantitative estimate of drug-likeness (QED) is 0.742. The molecule has 2 amide bonds. The lowest BCUT2D eigenvalue weighted by Crippen LogP contribution is -2.46. The van der Waals surface area contributed by atoms with E-state index in [0.717, 1.165) is 17.7 Å². The van der Waals surface area contributed by atoms with Gasteiger partial charge in [-0.3, -0.25) is 9.59 Å². The molecule has 3 unspecified atom stereocenters. The predicted octanol–water partition coefficient (Wildman–Crippen LogP) is 1.91. The molecule has 0 aromatic heterocycles. The van der Waals surface area contributed by atoms with Crippen LogP contribution in [0.5, 0.6) is 0 Å². The minimum absolute atomic E-state index is 0.0232. The Morgan fingerprint density at radius 3 is 2.55 bits per heavy atom. The van der Waals surface area contributed by atoms with E-state index >= 15 is 0 Å². The van der Waals surface area contributed by atoms with Gasteiger partial charge in [0, 0.05) is 19.8 Å². The largest absolute Gasteiger partial charge is 0.330 e. The summed E-state index contributed by atoms with van der Waals surface area (Å²) in [6.45, 7) is 0. The molecule has 2 saturated heterocycles.